The number of hydrogen-bond donors (Lipinski definition) is 1. The molecule has 1 N–H and O–H groups in total. The monoisotopic (exact) mass is 246 g/mol. The molecule has 18 heavy (non-hydrogen) atoms. The maximum atomic E-state index is 5.01. The summed E-state index contributed by atoms with van der Waals surface area (Å²) in [4.78, 5) is 4.14. The van der Waals surface area contributed by atoms with Gasteiger partial charge in [-0.25, -0.2) is 4.98 Å². The van der Waals surface area contributed by atoms with Crippen molar-refractivity contribution in [3.8, 4) is 5.88 Å². The molecule has 0 saturated carbocycles. The van der Waals surface area contributed by atoms with Crippen molar-refractivity contribution in [3.63, 3.8) is 0 Å². The first kappa shape index (κ1) is 12.4. The highest BCUT2D eigenvalue weighted by atomic mass is 16.5. The molecule has 0 bridgehead atoms. The molecule has 2 rings (SSSR count). The van der Waals surface area contributed by atoms with E-state index < -0.39 is 0 Å². The van der Waals surface area contributed by atoms with Gasteiger partial charge in [0.15, 0.2) is 0 Å². The predicted octanol–water partition coefficient (Wildman–Crippen LogP) is 2.48. The van der Waals surface area contributed by atoms with Crippen LogP contribution in [0.5, 0.6) is 5.88 Å². The van der Waals surface area contributed by atoms with E-state index >= 15 is 0 Å². The van der Waals surface area contributed by atoms with Crippen LogP contribution >= 0.6 is 0 Å². The number of hydrogen-bond acceptors (Lipinski definition) is 4. The summed E-state index contributed by atoms with van der Waals surface area (Å²) in [5.41, 5.74) is 2.12. The molecule has 0 fully saturated rings. The second kappa shape index (κ2) is 5.53. The van der Waals surface area contributed by atoms with E-state index in [0.29, 0.717) is 11.9 Å². The Morgan fingerprint density at radius 1 is 1.33 bits per heavy atom. The molecule has 0 radical (unpaired) electrons. The fourth-order valence-corrected chi connectivity index (χ4v) is 1.56. The second-order valence-electron chi connectivity index (χ2n) is 4.37. The number of rotatable bonds is 5. The minimum Gasteiger partial charge on any atom is -0.481 e. The largest absolute Gasteiger partial charge is 0.481 e. The molecule has 0 saturated heterocycles. The first-order valence-corrected chi connectivity index (χ1v) is 5.96. The normalized spacial score (nSPS) is 10.7. The molecule has 0 aliphatic carbocycles. The SMILES string of the molecule is COc1ccc(NCc2cnn(C(C)C)c2)cn1. The average Bonchev–Trinajstić information content (AvgIpc) is 2.86. The molecule has 0 aliphatic rings. The summed E-state index contributed by atoms with van der Waals surface area (Å²) < 4.78 is 6.96. The van der Waals surface area contributed by atoms with Gasteiger partial charge in [0.05, 0.1) is 25.2 Å². The van der Waals surface area contributed by atoms with E-state index in [0.717, 1.165) is 17.8 Å². The summed E-state index contributed by atoms with van der Waals surface area (Å²) in [6, 6.07) is 4.17. The summed E-state index contributed by atoms with van der Waals surface area (Å²) in [7, 11) is 1.61. The van der Waals surface area contributed by atoms with Gasteiger partial charge in [-0.05, 0) is 19.9 Å². The molecular weight excluding hydrogens is 228 g/mol. The lowest BCUT2D eigenvalue weighted by molar-refractivity contribution is 0.398. The van der Waals surface area contributed by atoms with Crippen LogP contribution in [0.1, 0.15) is 25.5 Å². The zero-order chi connectivity index (χ0) is 13.0. The molecule has 2 heterocycles. The van der Waals surface area contributed by atoms with E-state index in [9.17, 15) is 0 Å². The lowest BCUT2D eigenvalue weighted by Crippen LogP contribution is -2.01. The Balaban J connectivity index is 1.93. The lowest BCUT2D eigenvalue weighted by atomic mass is 10.3. The lowest BCUT2D eigenvalue weighted by Gasteiger charge is -2.05. The van der Waals surface area contributed by atoms with E-state index in [1.54, 1.807) is 13.3 Å². The van der Waals surface area contributed by atoms with Crippen LogP contribution in [0, 0.1) is 0 Å². The Kier molecular flexibility index (Phi) is 3.82. The van der Waals surface area contributed by atoms with Crippen molar-refractivity contribution in [3.05, 3.63) is 36.3 Å². The summed E-state index contributed by atoms with van der Waals surface area (Å²) in [6.45, 7) is 4.95. The fraction of sp³-hybridized carbons (Fsp3) is 0.385. The van der Waals surface area contributed by atoms with Crippen molar-refractivity contribution in [1.82, 2.24) is 14.8 Å². The minimum atomic E-state index is 0.390. The zero-order valence-corrected chi connectivity index (χ0v) is 10.9. The molecule has 5 nitrogen and oxygen atoms in total. The van der Waals surface area contributed by atoms with Gasteiger partial charge in [0.1, 0.15) is 0 Å². The van der Waals surface area contributed by atoms with Crippen molar-refractivity contribution in [2.75, 3.05) is 12.4 Å². The summed E-state index contributed by atoms with van der Waals surface area (Å²) in [5, 5.41) is 7.59. The Morgan fingerprint density at radius 2 is 2.17 bits per heavy atom. The molecule has 0 amide bonds. The standard InChI is InChI=1S/C13H18N4O/c1-10(2)17-9-11(7-16-17)6-14-12-4-5-13(18-3)15-8-12/h4-5,7-10,14H,6H2,1-3H3. The molecule has 0 aromatic carbocycles. The third-order valence-electron chi connectivity index (χ3n) is 2.63. The highest BCUT2D eigenvalue weighted by molar-refractivity contribution is 5.42. The summed E-state index contributed by atoms with van der Waals surface area (Å²) in [6.07, 6.45) is 5.68. The van der Waals surface area contributed by atoms with Crippen LogP contribution < -0.4 is 10.1 Å². The van der Waals surface area contributed by atoms with Gasteiger partial charge in [0, 0.05) is 30.4 Å². The van der Waals surface area contributed by atoms with Crippen LogP contribution in [-0.4, -0.2) is 21.9 Å². The van der Waals surface area contributed by atoms with Crippen molar-refractivity contribution in [2.45, 2.75) is 26.4 Å². The van der Waals surface area contributed by atoms with E-state index in [-0.39, 0.29) is 0 Å². The van der Waals surface area contributed by atoms with E-state index in [1.807, 2.05) is 23.0 Å². The Hall–Kier alpha value is -2.04. The second-order valence-corrected chi connectivity index (χ2v) is 4.37. The molecule has 0 atom stereocenters. The molecule has 0 aliphatic heterocycles. The first-order valence-electron chi connectivity index (χ1n) is 5.96. The number of pyridine rings is 1. The Morgan fingerprint density at radius 3 is 2.72 bits per heavy atom. The van der Waals surface area contributed by atoms with Gasteiger partial charge in [-0.2, -0.15) is 5.10 Å². The topological polar surface area (TPSA) is 52.0 Å². The van der Waals surface area contributed by atoms with Crippen molar-refractivity contribution in [1.29, 1.82) is 0 Å². The molecule has 0 unspecified atom stereocenters. The van der Waals surface area contributed by atoms with Gasteiger partial charge in [-0.3, -0.25) is 4.68 Å². The maximum Gasteiger partial charge on any atom is 0.213 e. The third-order valence-corrected chi connectivity index (χ3v) is 2.63. The van der Waals surface area contributed by atoms with Gasteiger partial charge >= 0.3 is 0 Å². The van der Waals surface area contributed by atoms with E-state index in [2.05, 4.69) is 35.4 Å². The van der Waals surface area contributed by atoms with Crippen LogP contribution in [0.3, 0.4) is 0 Å². The minimum absolute atomic E-state index is 0.390. The van der Waals surface area contributed by atoms with Gasteiger partial charge < -0.3 is 10.1 Å². The highest BCUT2D eigenvalue weighted by Crippen LogP contribution is 2.12. The zero-order valence-electron chi connectivity index (χ0n) is 10.9. The average molecular weight is 246 g/mol. The van der Waals surface area contributed by atoms with Crippen molar-refractivity contribution in [2.24, 2.45) is 0 Å². The van der Waals surface area contributed by atoms with Crippen LogP contribution in [0.2, 0.25) is 0 Å². The summed E-state index contributed by atoms with van der Waals surface area (Å²) in [5.74, 6) is 0.619. The van der Waals surface area contributed by atoms with Gasteiger partial charge in [0.2, 0.25) is 5.88 Å². The van der Waals surface area contributed by atoms with Gasteiger partial charge in [-0.15, -0.1) is 0 Å². The molecular formula is C13H18N4O. The van der Waals surface area contributed by atoms with Gasteiger partial charge in [-0.1, -0.05) is 0 Å². The number of methoxy groups -OCH3 is 1. The van der Waals surface area contributed by atoms with Crippen LogP contribution in [0.15, 0.2) is 30.7 Å². The number of anilines is 1. The fourth-order valence-electron chi connectivity index (χ4n) is 1.56. The molecule has 2 aromatic heterocycles. The number of ether oxygens (including phenoxy) is 1. The van der Waals surface area contributed by atoms with E-state index in [1.165, 1.54) is 0 Å². The number of aromatic nitrogens is 3. The molecule has 2 aromatic rings. The van der Waals surface area contributed by atoms with Gasteiger partial charge in [0.25, 0.3) is 0 Å². The van der Waals surface area contributed by atoms with Crippen LogP contribution in [-0.2, 0) is 6.54 Å². The molecule has 96 valence electrons. The van der Waals surface area contributed by atoms with Crippen molar-refractivity contribution >= 4 is 5.69 Å². The van der Waals surface area contributed by atoms with E-state index in [4.69, 9.17) is 4.74 Å². The molecule has 5 heteroatoms. The molecule has 0 spiro atoms. The highest BCUT2D eigenvalue weighted by Gasteiger charge is 2.01. The third kappa shape index (κ3) is 3.00. The predicted molar refractivity (Wildman–Crippen MR) is 70.7 cm³/mol. The Bertz CT molecular complexity index is 490. The number of nitrogens with one attached hydrogen (secondary N) is 1. The smallest absolute Gasteiger partial charge is 0.213 e. The van der Waals surface area contributed by atoms with Crippen LogP contribution in [0.4, 0.5) is 5.69 Å². The first-order chi connectivity index (χ1) is 8.69. The summed E-state index contributed by atoms with van der Waals surface area (Å²) >= 11 is 0. The Labute approximate surface area is 107 Å². The number of nitrogens with zero attached hydrogens (tertiary/aromatic N) is 3. The van der Waals surface area contributed by atoms with Crippen molar-refractivity contribution < 1.29 is 4.74 Å². The quantitative estimate of drug-likeness (QED) is 0.880. The van der Waals surface area contributed by atoms with Crippen LogP contribution in [0.25, 0.3) is 0 Å². The maximum absolute atomic E-state index is 5.01.